The van der Waals surface area contributed by atoms with Crippen LogP contribution in [0.25, 0.3) is 0 Å². The van der Waals surface area contributed by atoms with Crippen molar-refractivity contribution in [2.75, 3.05) is 0 Å². The number of carbonyl (C=O) groups excluding carboxylic acids is 2. The lowest BCUT2D eigenvalue weighted by Gasteiger charge is -2.19. The van der Waals surface area contributed by atoms with Crippen LogP contribution in [0.15, 0.2) is 0 Å². The van der Waals surface area contributed by atoms with E-state index < -0.39 is 0 Å². The van der Waals surface area contributed by atoms with E-state index >= 15 is 0 Å². The molecule has 1 aliphatic rings. The summed E-state index contributed by atoms with van der Waals surface area (Å²) in [6.07, 6.45) is 5.31. The highest BCUT2D eigenvalue weighted by Crippen LogP contribution is 2.24. The Morgan fingerprint density at radius 1 is 1.15 bits per heavy atom. The summed E-state index contributed by atoms with van der Waals surface area (Å²) in [7, 11) is 0. The van der Waals surface area contributed by atoms with Crippen LogP contribution in [-0.4, -0.2) is 24.0 Å². The zero-order valence-electron chi connectivity index (χ0n) is 13.3. The third kappa shape index (κ3) is 6.40. The fourth-order valence-electron chi connectivity index (χ4n) is 2.83. The van der Waals surface area contributed by atoms with Crippen molar-refractivity contribution in [3.05, 3.63) is 0 Å². The summed E-state index contributed by atoms with van der Waals surface area (Å²) in [6.45, 7) is 7.99. The Morgan fingerprint density at radius 2 is 1.75 bits per heavy atom. The number of nitrogens with one attached hydrogen (secondary N) is 1. The third-order valence-corrected chi connectivity index (χ3v) is 3.72. The molecule has 0 aliphatic heterocycles. The van der Waals surface area contributed by atoms with Gasteiger partial charge in [-0.1, -0.05) is 26.7 Å². The molecule has 0 radical (unpaired) electrons. The molecule has 4 nitrogen and oxygen atoms in total. The van der Waals surface area contributed by atoms with Gasteiger partial charge in [0.05, 0.1) is 12.5 Å². The van der Waals surface area contributed by atoms with Gasteiger partial charge in [-0.15, -0.1) is 0 Å². The van der Waals surface area contributed by atoms with Gasteiger partial charge in [0.1, 0.15) is 0 Å². The van der Waals surface area contributed by atoms with Gasteiger partial charge in [-0.05, 0) is 39.0 Å². The molecule has 1 fully saturated rings. The summed E-state index contributed by atoms with van der Waals surface area (Å²) in [4.78, 5) is 23.7. The maximum atomic E-state index is 11.9. The second kappa shape index (κ2) is 8.28. The molecule has 4 heteroatoms. The first-order valence-corrected chi connectivity index (χ1v) is 7.88. The molecule has 1 N–H and O–H groups in total. The summed E-state index contributed by atoms with van der Waals surface area (Å²) in [5.74, 6) is 0.529. The van der Waals surface area contributed by atoms with Crippen molar-refractivity contribution in [1.82, 2.24) is 5.32 Å². The second-order valence-corrected chi connectivity index (χ2v) is 6.53. The Hall–Kier alpha value is -1.06. The SMILES string of the molecule is CC(C)C[C@H](C)OC(=O)C[C@H](C)NC(=O)C1CCCC1. The first kappa shape index (κ1) is 17.0. The topological polar surface area (TPSA) is 55.4 Å². The maximum absolute atomic E-state index is 11.9. The summed E-state index contributed by atoms with van der Waals surface area (Å²) in [5.41, 5.74) is 0. The van der Waals surface area contributed by atoms with E-state index in [1.807, 2.05) is 13.8 Å². The number of rotatable bonds is 7. The molecule has 0 aromatic rings. The van der Waals surface area contributed by atoms with Crippen LogP contribution in [0.4, 0.5) is 0 Å². The normalized spacial score (nSPS) is 18.9. The van der Waals surface area contributed by atoms with Gasteiger partial charge in [0.15, 0.2) is 0 Å². The molecule has 0 aromatic heterocycles. The minimum atomic E-state index is -0.225. The van der Waals surface area contributed by atoms with Gasteiger partial charge in [-0.2, -0.15) is 0 Å². The van der Waals surface area contributed by atoms with Gasteiger partial charge in [0.2, 0.25) is 5.91 Å². The predicted octanol–water partition coefficient (Wildman–Crippen LogP) is 3.05. The zero-order chi connectivity index (χ0) is 15.1. The highest BCUT2D eigenvalue weighted by atomic mass is 16.5. The lowest BCUT2D eigenvalue weighted by molar-refractivity contribution is -0.149. The molecular formula is C16H29NO3. The van der Waals surface area contributed by atoms with E-state index in [1.165, 1.54) is 0 Å². The van der Waals surface area contributed by atoms with Crippen LogP contribution in [0, 0.1) is 11.8 Å². The Bertz CT molecular complexity index is 322. The third-order valence-electron chi connectivity index (χ3n) is 3.72. The van der Waals surface area contributed by atoms with Crippen molar-refractivity contribution < 1.29 is 14.3 Å². The molecule has 0 spiro atoms. The Labute approximate surface area is 122 Å². The molecular weight excluding hydrogens is 254 g/mol. The lowest BCUT2D eigenvalue weighted by atomic mass is 10.1. The van der Waals surface area contributed by atoms with E-state index in [-0.39, 0.29) is 36.4 Å². The molecule has 116 valence electrons. The monoisotopic (exact) mass is 283 g/mol. The Kier molecular flexibility index (Phi) is 7.03. The minimum absolute atomic E-state index is 0.0553. The summed E-state index contributed by atoms with van der Waals surface area (Å²) in [6, 6.07) is -0.151. The first-order chi connectivity index (χ1) is 9.38. The molecule has 1 rings (SSSR count). The van der Waals surface area contributed by atoms with Crippen LogP contribution in [0.1, 0.15) is 66.2 Å². The van der Waals surface area contributed by atoms with E-state index in [0.717, 1.165) is 32.1 Å². The number of hydrogen-bond acceptors (Lipinski definition) is 3. The molecule has 1 amide bonds. The average molecular weight is 283 g/mol. The van der Waals surface area contributed by atoms with Crippen LogP contribution in [0.5, 0.6) is 0 Å². The largest absolute Gasteiger partial charge is 0.463 e. The van der Waals surface area contributed by atoms with Crippen LogP contribution >= 0.6 is 0 Å². The van der Waals surface area contributed by atoms with Gasteiger partial charge in [-0.3, -0.25) is 9.59 Å². The van der Waals surface area contributed by atoms with Crippen molar-refractivity contribution >= 4 is 11.9 Å². The van der Waals surface area contributed by atoms with E-state index in [9.17, 15) is 9.59 Å². The lowest BCUT2D eigenvalue weighted by Crippen LogP contribution is -2.38. The van der Waals surface area contributed by atoms with Crippen molar-refractivity contribution in [3.63, 3.8) is 0 Å². The molecule has 0 aromatic carbocycles. The van der Waals surface area contributed by atoms with E-state index in [1.54, 1.807) is 0 Å². The average Bonchev–Trinajstić information content (AvgIpc) is 2.79. The molecule has 0 heterocycles. The molecule has 0 bridgehead atoms. The van der Waals surface area contributed by atoms with Gasteiger partial charge in [0.25, 0.3) is 0 Å². The fraction of sp³-hybridized carbons (Fsp3) is 0.875. The van der Waals surface area contributed by atoms with Crippen molar-refractivity contribution in [2.45, 2.75) is 78.4 Å². The van der Waals surface area contributed by atoms with Gasteiger partial charge in [0, 0.05) is 12.0 Å². The van der Waals surface area contributed by atoms with Crippen LogP contribution in [0.2, 0.25) is 0 Å². The number of esters is 1. The molecule has 2 atom stereocenters. The van der Waals surface area contributed by atoms with Crippen LogP contribution < -0.4 is 5.32 Å². The number of hydrogen-bond donors (Lipinski definition) is 1. The van der Waals surface area contributed by atoms with Crippen molar-refractivity contribution in [2.24, 2.45) is 11.8 Å². The van der Waals surface area contributed by atoms with Crippen LogP contribution in [0.3, 0.4) is 0 Å². The fourth-order valence-corrected chi connectivity index (χ4v) is 2.83. The summed E-state index contributed by atoms with van der Waals surface area (Å²) in [5, 5.41) is 2.93. The number of carbonyl (C=O) groups is 2. The molecule has 0 unspecified atom stereocenters. The predicted molar refractivity (Wildman–Crippen MR) is 79.2 cm³/mol. The van der Waals surface area contributed by atoms with Gasteiger partial charge in [-0.25, -0.2) is 0 Å². The number of amides is 1. The van der Waals surface area contributed by atoms with Crippen molar-refractivity contribution in [3.8, 4) is 0 Å². The highest BCUT2D eigenvalue weighted by molar-refractivity contribution is 5.80. The maximum Gasteiger partial charge on any atom is 0.308 e. The van der Waals surface area contributed by atoms with E-state index in [4.69, 9.17) is 4.74 Å². The molecule has 1 saturated carbocycles. The highest BCUT2D eigenvalue weighted by Gasteiger charge is 2.24. The number of ether oxygens (including phenoxy) is 1. The smallest absolute Gasteiger partial charge is 0.308 e. The van der Waals surface area contributed by atoms with Crippen molar-refractivity contribution in [1.29, 1.82) is 0 Å². The standard InChI is InChI=1S/C16H29NO3/c1-11(2)9-13(4)20-15(18)10-12(3)17-16(19)14-7-5-6-8-14/h11-14H,5-10H2,1-4H3,(H,17,19)/t12-,13-/m0/s1. The molecule has 1 aliphatic carbocycles. The minimum Gasteiger partial charge on any atom is -0.463 e. The second-order valence-electron chi connectivity index (χ2n) is 6.53. The zero-order valence-corrected chi connectivity index (χ0v) is 13.3. The van der Waals surface area contributed by atoms with Crippen LogP contribution in [-0.2, 0) is 14.3 Å². The summed E-state index contributed by atoms with van der Waals surface area (Å²) < 4.78 is 5.35. The first-order valence-electron chi connectivity index (χ1n) is 7.88. The van der Waals surface area contributed by atoms with E-state index in [2.05, 4.69) is 19.2 Å². The summed E-state index contributed by atoms with van der Waals surface area (Å²) >= 11 is 0. The Morgan fingerprint density at radius 3 is 2.30 bits per heavy atom. The molecule has 20 heavy (non-hydrogen) atoms. The Balaban J connectivity index is 2.25. The quantitative estimate of drug-likeness (QED) is 0.731. The molecule has 0 saturated heterocycles. The van der Waals surface area contributed by atoms with Gasteiger partial charge < -0.3 is 10.1 Å². The van der Waals surface area contributed by atoms with Gasteiger partial charge >= 0.3 is 5.97 Å². The van der Waals surface area contributed by atoms with E-state index in [0.29, 0.717) is 5.92 Å².